The minimum Gasteiger partial charge on any atom is -0.475 e. The average molecular weight is 492 g/mol. The fourth-order valence-corrected chi connectivity index (χ4v) is 2.58. The van der Waals surface area contributed by atoms with Gasteiger partial charge < -0.3 is 24.8 Å². The van der Waals surface area contributed by atoms with Gasteiger partial charge in [-0.2, -0.15) is 0 Å². The Morgan fingerprint density at radius 3 is 2.85 bits per heavy atom. The molecule has 1 saturated heterocycles. The zero-order valence-corrected chi connectivity index (χ0v) is 18.9. The molecule has 8 heteroatoms. The molecule has 0 aliphatic carbocycles. The van der Waals surface area contributed by atoms with Gasteiger partial charge in [-0.1, -0.05) is 6.07 Å². The normalized spacial score (nSPS) is 16.9. The molecular formula is C19H33IN4O3. The van der Waals surface area contributed by atoms with E-state index in [9.17, 15) is 0 Å². The first-order valence-corrected chi connectivity index (χ1v) is 9.39. The molecule has 154 valence electrons. The molecule has 1 atom stereocenters. The molecule has 1 fully saturated rings. The Bertz CT molecular complexity index is 534. The lowest BCUT2D eigenvalue weighted by molar-refractivity contribution is 0.0888. The molecule has 1 unspecified atom stereocenters. The van der Waals surface area contributed by atoms with E-state index in [-0.39, 0.29) is 30.1 Å². The molecule has 1 aliphatic heterocycles. The van der Waals surface area contributed by atoms with Crippen molar-refractivity contribution in [3.8, 4) is 5.88 Å². The first-order chi connectivity index (χ1) is 12.7. The van der Waals surface area contributed by atoms with E-state index in [2.05, 4.69) is 20.6 Å². The Hall–Kier alpha value is -1.13. The maximum atomic E-state index is 5.70. The minimum absolute atomic E-state index is 0. The third kappa shape index (κ3) is 10.1. The number of rotatable bonds is 10. The predicted molar refractivity (Wildman–Crippen MR) is 118 cm³/mol. The van der Waals surface area contributed by atoms with Gasteiger partial charge >= 0.3 is 0 Å². The molecule has 0 bridgehead atoms. The summed E-state index contributed by atoms with van der Waals surface area (Å²) in [7, 11) is 1.77. The zero-order valence-electron chi connectivity index (χ0n) is 16.6. The molecule has 2 rings (SSSR count). The lowest BCUT2D eigenvalue weighted by Gasteiger charge is -2.13. The Kier molecular flexibility index (Phi) is 12.4. The first kappa shape index (κ1) is 23.9. The van der Waals surface area contributed by atoms with E-state index in [0.717, 1.165) is 57.3 Å². The van der Waals surface area contributed by atoms with Crippen molar-refractivity contribution in [1.29, 1.82) is 0 Å². The fourth-order valence-electron chi connectivity index (χ4n) is 2.58. The molecule has 27 heavy (non-hydrogen) atoms. The van der Waals surface area contributed by atoms with Gasteiger partial charge in [0.1, 0.15) is 0 Å². The fraction of sp³-hybridized carbons (Fsp3) is 0.684. The van der Waals surface area contributed by atoms with Crippen LogP contribution in [0.2, 0.25) is 0 Å². The van der Waals surface area contributed by atoms with E-state index < -0.39 is 0 Å². The Morgan fingerprint density at radius 2 is 2.22 bits per heavy atom. The number of nitrogens with one attached hydrogen (secondary N) is 2. The van der Waals surface area contributed by atoms with Crippen LogP contribution < -0.4 is 15.4 Å². The summed E-state index contributed by atoms with van der Waals surface area (Å²) in [4.78, 5) is 8.54. The van der Waals surface area contributed by atoms with Gasteiger partial charge in [0.15, 0.2) is 5.96 Å². The van der Waals surface area contributed by atoms with E-state index in [0.29, 0.717) is 18.3 Å². The molecule has 1 aromatic rings. The molecule has 7 nitrogen and oxygen atoms in total. The maximum Gasteiger partial charge on any atom is 0.213 e. The molecule has 0 spiro atoms. The van der Waals surface area contributed by atoms with Gasteiger partial charge in [-0.05, 0) is 32.3 Å². The number of aromatic nitrogens is 1. The summed E-state index contributed by atoms with van der Waals surface area (Å²) in [6, 6.07) is 3.89. The molecule has 1 aromatic heterocycles. The highest BCUT2D eigenvalue weighted by molar-refractivity contribution is 14.0. The van der Waals surface area contributed by atoms with Gasteiger partial charge in [-0.25, -0.2) is 4.98 Å². The second kappa shape index (κ2) is 14.0. The summed E-state index contributed by atoms with van der Waals surface area (Å²) in [6.45, 7) is 8.72. The van der Waals surface area contributed by atoms with Crippen LogP contribution in [0.3, 0.4) is 0 Å². The van der Waals surface area contributed by atoms with E-state index in [1.54, 1.807) is 7.05 Å². The van der Waals surface area contributed by atoms with Gasteiger partial charge in [-0.15, -0.1) is 24.0 Å². The molecular weight excluding hydrogens is 459 g/mol. The van der Waals surface area contributed by atoms with Crippen molar-refractivity contribution >= 4 is 29.9 Å². The predicted octanol–water partition coefficient (Wildman–Crippen LogP) is 2.60. The van der Waals surface area contributed by atoms with Crippen molar-refractivity contribution in [2.24, 2.45) is 10.9 Å². The van der Waals surface area contributed by atoms with E-state index in [1.165, 1.54) is 0 Å². The molecule has 0 saturated carbocycles. The highest BCUT2D eigenvalue weighted by Gasteiger charge is 2.15. The van der Waals surface area contributed by atoms with Crippen LogP contribution in [0.5, 0.6) is 5.88 Å². The second-order valence-corrected chi connectivity index (χ2v) is 6.68. The number of hydrogen-bond donors (Lipinski definition) is 2. The van der Waals surface area contributed by atoms with E-state index >= 15 is 0 Å². The summed E-state index contributed by atoms with van der Waals surface area (Å²) in [5.41, 5.74) is 1.08. The van der Waals surface area contributed by atoms with E-state index in [1.807, 2.05) is 32.2 Å². The Balaban J connectivity index is 0.00000364. The summed E-state index contributed by atoms with van der Waals surface area (Å²) >= 11 is 0. The smallest absolute Gasteiger partial charge is 0.213 e. The standard InChI is InChI=1S/C19H32N4O3.HI/c1-15(2)26-18-6-5-16(11-22-18)12-23-19(20-3)21-8-4-9-24-13-17-7-10-25-14-17;/h5-6,11,15,17H,4,7-10,12-14H2,1-3H3,(H2,20,21,23);1H. The van der Waals surface area contributed by atoms with Crippen LogP contribution in [0.15, 0.2) is 23.3 Å². The highest BCUT2D eigenvalue weighted by Crippen LogP contribution is 2.12. The van der Waals surface area contributed by atoms with Gasteiger partial charge in [0.25, 0.3) is 0 Å². The Labute approximate surface area is 179 Å². The number of pyridine rings is 1. The first-order valence-electron chi connectivity index (χ1n) is 9.39. The lowest BCUT2D eigenvalue weighted by atomic mass is 10.1. The number of nitrogens with zero attached hydrogens (tertiary/aromatic N) is 2. The van der Waals surface area contributed by atoms with E-state index in [4.69, 9.17) is 14.2 Å². The number of hydrogen-bond acceptors (Lipinski definition) is 5. The summed E-state index contributed by atoms with van der Waals surface area (Å²) in [5.74, 6) is 2.00. The topological polar surface area (TPSA) is 77.0 Å². The highest BCUT2D eigenvalue weighted by atomic mass is 127. The van der Waals surface area contributed by atoms with Crippen molar-refractivity contribution in [3.63, 3.8) is 0 Å². The van der Waals surface area contributed by atoms with Crippen molar-refractivity contribution < 1.29 is 14.2 Å². The zero-order chi connectivity index (χ0) is 18.6. The molecule has 2 heterocycles. The van der Waals surface area contributed by atoms with Crippen LogP contribution >= 0.6 is 24.0 Å². The largest absolute Gasteiger partial charge is 0.475 e. The van der Waals surface area contributed by atoms with Crippen molar-refractivity contribution in [2.45, 2.75) is 39.3 Å². The molecule has 0 amide bonds. The Morgan fingerprint density at radius 1 is 1.37 bits per heavy atom. The van der Waals surface area contributed by atoms with Crippen LogP contribution in [0.25, 0.3) is 0 Å². The minimum atomic E-state index is 0. The number of guanidine groups is 1. The summed E-state index contributed by atoms with van der Waals surface area (Å²) < 4.78 is 16.6. The van der Waals surface area contributed by atoms with Crippen LogP contribution in [-0.2, 0) is 16.0 Å². The number of halogens is 1. The molecule has 2 N–H and O–H groups in total. The van der Waals surface area contributed by atoms with Crippen molar-refractivity contribution in [3.05, 3.63) is 23.9 Å². The van der Waals surface area contributed by atoms with Crippen molar-refractivity contribution in [1.82, 2.24) is 15.6 Å². The quantitative estimate of drug-likeness (QED) is 0.226. The van der Waals surface area contributed by atoms with Crippen molar-refractivity contribution in [2.75, 3.05) is 40.0 Å². The van der Waals surface area contributed by atoms with Crippen LogP contribution in [-0.4, -0.2) is 57.1 Å². The summed E-state index contributed by atoms with van der Waals surface area (Å²) in [5, 5.41) is 6.58. The molecule has 0 aromatic carbocycles. The van der Waals surface area contributed by atoms with Crippen LogP contribution in [0, 0.1) is 5.92 Å². The van der Waals surface area contributed by atoms with Gasteiger partial charge in [0.05, 0.1) is 19.3 Å². The van der Waals surface area contributed by atoms with Gasteiger partial charge in [-0.3, -0.25) is 4.99 Å². The third-order valence-corrected chi connectivity index (χ3v) is 3.97. The van der Waals surface area contributed by atoms with Crippen LogP contribution in [0.1, 0.15) is 32.3 Å². The number of aliphatic imine (C=N–C) groups is 1. The number of ether oxygens (including phenoxy) is 3. The average Bonchev–Trinajstić information content (AvgIpc) is 3.14. The summed E-state index contributed by atoms with van der Waals surface area (Å²) in [6.07, 6.45) is 4.01. The maximum absolute atomic E-state index is 5.70. The monoisotopic (exact) mass is 492 g/mol. The van der Waals surface area contributed by atoms with Gasteiger partial charge in [0, 0.05) is 51.5 Å². The lowest BCUT2D eigenvalue weighted by Crippen LogP contribution is -2.37. The molecule has 0 radical (unpaired) electrons. The van der Waals surface area contributed by atoms with Crippen LogP contribution in [0.4, 0.5) is 0 Å². The third-order valence-electron chi connectivity index (χ3n) is 3.97. The second-order valence-electron chi connectivity index (χ2n) is 6.68. The van der Waals surface area contributed by atoms with Gasteiger partial charge in [0.2, 0.25) is 5.88 Å². The molecule has 1 aliphatic rings. The SMILES string of the molecule is CN=C(NCCCOCC1CCOC1)NCc1ccc(OC(C)C)nc1.I.